The van der Waals surface area contributed by atoms with Gasteiger partial charge in [-0.25, -0.2) is 0 Å². The van der Waals surface area contributed by atoms with Gasteiger partial charge < -0.3 is 10.1 Å². The molecule has 23 heavy (non-hydrogen) atoms. The van der Waals surface area contributed by atoms with Gasteiger partial charge in [-0.3, -0.25) is 9.88 Å². The third-order valence-corrected chi connectivity index (χ3v) is 5.32. The summed E-state index contributed by atoms with van der Waals surface area (Å²) in [4.78, 5) is 7.58. The Bertz CT molecular complexity index is 687. The maximum absolute atomic E-state index is 9.48. The molecule has 3 heterocycles. The number of hydrogen-bond acceptors (Lipinski definition) is 6. The fraction of sp³-hybridized carbons (Fsp3) is 0.412. The molecule has 0 amide bonds. The standard InChI is InChI=1S/C17H20N4OS/c1-13-15(12-18)17(20-6-7-21-8-10-22-11-9-21)23-16(13)14-2-4-19-5-3-14/h2-5,20H,6-11H2,1H3. The molecule has 5 nitrogen and oxygen atoms in total. The first-order valence-corrected chi connectivity index (χ1v) is 8.59. The van der Waals surface area contributed by atoms with Gasteiger partial charge >= 0.3 is 0 Å². The number of ether oxygens (including phenoxy) is 1. The molecule has 1 N–H and O–H groups in total. The van der Waals surface area contributed by atoms with Gasteiger partial charge in [0.2, 0.25) is 0 Å². The van der Waals surface area contributed by atoms with E-state index in [0.717, 1.165) is 66.0 Å². The molecule has 0 saturated carbocycles. The first-order valence-electron chi connectivity index (χ1n) is 7.77. The SMILES string of the molecule is Cc1c(-c2ccncc2)sc(NCCN2CCOCC2)c1C#N. The normalized spacial score (nSPS) is 15.3. The Hall–Kier alpha value is -1.94. The second-order valence-electron chi connectivity index (χ2n) is 5.49. The Morgan fingerprint density at radius 3 is 2.78 bits per heavy atom. The lowest BCUT2D eigenvalue weighted by atomic mass is 10.1. The van der Waals surface area contributed by atoms with E-state index in [0.29, 0.717) is 0 Å². The van der Waals surface area contributed by atoms with E-state index >= 15 is 0 Å². The zero-order chi connectivity index (χ0) is 16.1. The van der Waals surface area contributed by atoms with Crippen molar-refractivity contribution >= 4 is 16.3 Å². The number of rotatable bonds is 5. The summed E-state index contributed by atoms with van der Waals surface area (Å²) in [6, 6.07) is 6.31. The van der Waals surface area contributed by atoms with Crippen LogP contribution in [0.2, 0.25) is 0 Å². The molecule has 1 aliphatic heterocycles. The van der Waals surface area contributed by atoms with Crippen LogP contribution in [0.4, 0.5) is 5.00 Å². The lowest BCUT2D eigenvalue weighted by Gasteiger charge is -2.26. The molecule has 1 aliphatic rings. The third kappa shape index (κ3) is 3.70. The van der Waals surface area contributed by atoms with Crippen molar-refractivity contribution in [1.29, 1.82) is 5.26 Å². The Morgan fingerprint density at radius 1 is 1.35 bits per heavy atom. The van der Waals surface area contributed by atoms with Crippen LogP contribution >= 0.6 is 11.3 Å². The molecule has 0 aromatic carbocycles. The summed E-state index contributed by atoms with van der Waals surface area (Å²) >= 11 is 1.65. The molecule has 2 aromatic heterocycles. The van der Waals surface area contributed by atoms with E-state index in [4.69, 9.17) is 4.74 Å². The second-order valence-corrected chi connectivity index (χ2v) is 6.51. The molecular formula is C17H20N4OS. The summed E-state index contributed by atoms with van der Waals surface area (Å²) in [5.74, 6) is 0. The average molecular weight is 328 g/mol. The van der Waals surface area contributed by atoms with Crippen molar-refractivity contribution in [3.05, 3.63) is 35.7 Å². The summed E-state index contributed by atoms with van der Waals surface area (Å²) < 4.78 is 5.36. The van der Waals surface area contributed by atoms with Crippen LogP contribution < -0.4 is 5.32 Å². The van der Waals surface area contributed by atoms with Crippen LogP contribution in [0.15, 0.2) is 24.5 Å². The van der Waals surface area contributed by atoms with Gasteiger partial charge in [-0.05, 0) is 30.2 Å². The van der Waals surface area contributed by atoms with Crippen LogP contribution in [0.25, 0.3) is 10.4 Å². The predicted octanol–water partition coefficient (Wildman–Crippen LogP) is 2.73. The van der Waals surface area contributed by atoms with E-state index < -0.39 is 0 Å². The maximum atomic E-state index is 9.48. The van der Waals surface area contributed by atoms with Crippen LogP contribution in [-0.4, -0.2) is 49.3 Å². The Balaban J connectivity index is 1.70. The van der Waals surface area contributed by atoms with Crippen molar-refractivity contribution in [2.75, 3.05) is 44.7 Å². The molecule has 0 spiro atoms. The van der Waals surface area contributed by atoms with E-state index in [9.17, 15) is 5.26 Å². The Labute approximate surface area is 140 Å². The monoisotopic (exact) mass is 328 g/mol. The molecule has 6 heteroatoms. The van der Waals surface area contributed by atoms with Gasteiger partial charge in [-0.15, -0.1) is 11.3 Å². The smallest absolute Gasteiger partial charge is 0.107 e. The molecule has 120 valence electrons. The number of pyridine rings is 1. The number of nitriles is 1. The topological polar surface area (TPSA) is 61.2 Å². The lowest BCUT2D eigenvalue weighted by molar-refractivity contribution is 0.0398. The van der Waals surface area contributed by atoms with Crippen LogP contribution in [-0.2, 0) is 4.74 Å². The lowest BCUT2D eigenvalue weighted by Crippen LogP contribution is -2.38. The van der Waals surface area contributed by atoms with Crippen molar-refractivity contribution in [3.63, 3.8) is 0 Å². The van der Waals surface area contributed by atoms with E-state index in [1.807, 2.05) is 19.1 Å². The minimum atomic E-state index is 0.754. The molecule has 1 saturated heterocycles. The first kappa shape index (κ1) is 15.9. The highest BCUT2D eigenvalue weighted by molar-refractivity contribution is 7.19. The molecule has 0 bridgehead atoms. The van der Waals surface area contributed by atoms with Crippen molar-refractivity contribution in [3.8, 4) is 16.5 Å². The predicted molar refractivity (Wildman–Crippen MR) is 92.8 cm³/mol. The number of aromatic nitrogens is 1. The third-order valence-electron chi connectivity index (χ3n) is 4.02. The van der Waals surface area contributed by atoms with E-state index in [2.05, 4.69) is 21.3 Å². The van der Waals surface area contributed by atoms with Crippen LogP contribution in [0.3, 0.4) is 0 Å². The zero-order valence-corrected chi connectivity index (χ0v) is 14.0. The summed E-state index contributed by atoms with van der Waals surface area (Å²) in [7, 11) is 0. The van der Waals surface area contributed by atoms with Crippen molar-refractivity contribution in [2.24, 2.45) is 0 Å². The number of thiophene rings is 1. The van der Waals surface area contributed by atoms with Crippen LogP contribution in [0, 0.1) is 18.3 Å². The van der Waals surface area contributed by atoms with Gasteiger partial charge in [-0.2, -0.15) is 5.26 Å². The first-order chi connectivity index (χ1) is 11.3. The van der Waals surface area contributed by atoms with E-state index in [-0.39, 0.29) is 0 Å². The number of nitrogens with zero attached hydrogens (tertiary/aromatic N) is 3. The van der Waals surface area contributed by atoms with Gasteiger partial charge in [0.05, 0.1) is 18.8 Å². The van der Waals surface area contributed by atoms with Crippen molar-refractivity contribution in [1.82, 2.24) is 9.88 Å². The maximum Gasteiger partial charge on any atom is 0.107 e. The number of morpholine rings is 1. The summed E-state index contributed by atoms with van der Waals surface area (Å²) in [6.07, 6.45) is 3.57. The van der Waals surface area contributed by atoms with Crippen LogP contribution in [0.1, 0.15) is 11.1 Å². The molecule has 0 aliphatic carbocycles. The molecule has 0 unspecified atom stereocenters. The van der Waals surface area contributed by atoms with E-state index in [1.165, 1.54) is 0 Å². The summed E-state index contributed by atoms with van der Waals surface area (Å²) in [5.41, 5.74) is 2.90. The van der Waals surface area contributed by atoms with Gasteiger partial charge in [0.1, 0.15) is 11.1 Å². The molecule has 0 radical (unpaired) electrons. The van der Waals surface area contributed by atoms with E-state index in [1.54, 1.807) is 23.7 Å². The molecule has 3 rings (SSSR count). The highest BCUT2D eigenvalue weighted by Gasteiger charge is 2.16. The second kappa shape index (κ2) is 7.55. The highest BCUT2D eigenvalue weighted by Crippen LogP contribution is 2.39. The van der Waals surface area contributed by atoms with Crippen molar-refractivity contribution in [2.45, 2.75) is 6.92 Å². The van der Waals surface area contributed by atoms with Crippen LogP contribution in [0.5, 0.6) is 0 Å². The number of hydrogen-bond donors (Lipinski definition) is 1. The average Bonchev–Trinajstić information content (AvgIpc) is 2.92. The van der Waals surface area contributed by atoms with Gasteiger partial charge in [-0.1, -0.05) is 0 Å². The van der Waals surface area contributed by atoms with Gasteiger partial charge in [0, 0.05) is 43.4 Å². The Morgan fingerprint density at radius 2 is 2.09 bits per heavy atom. The summed E-state index contributed by atoms with van der Waals surface area (Å²) in [5, 5.41) is 13.9. The fourth-order valence-corrected chi connectivity index (χ4v) is 3.89. The zero-order valence-electron chi connectivity index (χ0n) is 13.2. The highest BCUT2D eigenvalue weighted by atomic mass is 32.1. The Kier molecular flexibility index (Phi) is 5.23. The minimum absolute atomic E-state index is 0.754. The largest absolute Gasteiger partial charge is 0.379 e. The fourth-order valence-electron chi connectivity index (χ4n) is 2.70. The van der Waals surface area contributed by atoms with Crippen molar-refractivity contribution < 1.29 is 4.74 Å². The minimum Gasteiger partial charge on any atom is -0.379 e. The van der Waals surface area contributed by atoms with Gasteiger partial charge in [0.25, 0.3) is 0 Å². The quantitative estimate of drug-likeness (QED) is 0.914. The number of anilines is 1. The number of nitrogens with one attached hydrogen (secondary N) is 1. The molecular weight excluding hydrogens is 308 g/mol. The summed E-state index contributed by atoms with van der Waals surface area (Å²) in [6.45, 7) is 7.41. The molecule has 0 atom stereocenters. The molecule has 1 fully saturated rings. The molecule has 2 aromatic rings. The van der Waals surface area contributed by atoms with Gasteiger partial charge in [0.15, 0.2) is 0 Å².